The first-order valence-electron chi connectivity index (χ1n) is 8.47. The average molecular weight is 373 g/mol. The molecule has 26 heavy (non-hydrogen) atoms. The van der Waals surface area contributed by atoms with Gasteiger partial charge in [-0.25, -0.2) is 9.37 Å². The molecule has 4 nitrogen and oxygen atoms in total. The van der Waals surface area contributed by atoms with Crippen LogP contribution in [0.15, 0.2) is 36.4 Å². The number of H-pyrrole nitrogens is 1. The molecule has 1 aromatic heterocycles. The van der Waals surface area contributed by atoms with Gasteiger partial charge in [-0.05, 0) is 63.5 Å². The Morgan fingerprint density at radius 1 is 1.04 bits per heavy atom. The topological polar surface area (TPSA) is 47.1 Å². The molecule has 0 unspecified atom stereocenters. The molecule has 0 bridgehead atoms. The maximum absolute atomic E-state index is 14.8. The lowest BCUT2D eigenvalue weighted by Crippen LogP contribution is -2.41. The van der Waals surface area contributed by atoms with E-state index in [1.807, 2.05) is 33.8 Å². The molecule has 1 aliphatic heterocycles. The summed E-state index contributed by atoms with van der Waals surface area (Å²) in [5.74, 6) is 0.0719. The fraction of sp³-hybridized carbons (Fsp3) is 0.316. The fourth-order valence-electron chi connectivity index (χ4n) is 2.96. The van der Waals surface area contributed by atoms with E-state index in [4.69, 9.17) is 20.9 Å². The van der Waals surface area contributed by atoms with Gasteiger partial charge in [0.05, 0.1) is 27.8 Å². The van der Waals surface area contributed by atoms with Crippen LogP contribution in [-0.2, 0) is 9.31 Å². The Labute approximate surface area is 156 Å². The van der Waals surface area contributed by atoms with Crippen LogP contribution in [0.1, 0.15) is 27.7 Å². The molecule has 1 fully saturated rings. The molecule has 134 valence electrons. The van der Waals surface area contributed by atoms with Crippen LogP contribution >= 0.6 is 11.6 Å². The molecule has 0 spiro atoms. The Morgan fingerprint density at radius 2 is 1.73 bits per heavy atom. The van der Waals surface area contributed by atoms with E-state index < -0.39 is 18.3 Å². The Morgan fingerprint density at radius 3 is 2.38 bits per heavy atom. The van der Waals surface area contributed by atoms with E-state index in [-0.39, 0.29) is 5.82 Å². The first kappa shape index (κ1) is 17.5. The van der Waals surface area contributed by atoms with Crippen LogP contribution in [0.3, 0.4) is 0 Å². The van der Waals surface area contributed by atoms with Crippen molar-refractivity contribution in [1.29, 1.82) is 0 Å². The quantitative estimate of drug-likeness (QED) is 0.681. The number of aromatic nitrogens is 2. The van der Waals surface area contributed by atoms with E-state index in [1.54, 1.807) is 24.3 Å². The molecule has 0 aliphatic carbocycles. The number of imidazole rings is 1. The third kappa shape index (κ3) is 2.82. The van der Waals surface area contributed by atoms with Gasteiger partial charge in [0.15, 0.2) is 0 Å². The molecule has 0 saturated carbocycles. The molecule has 2 heterocycles. The zero-order valence-electron chi connectivity index (χ0n) is 15.1. The second-order valence-electron chi connectivity index (χ2n) is 7.57. The molecule has 0 radical (unpaired) electrons. The molecule has 0 amide bonds. The van der Waals surface area contributed by atoms with Crippen molar-refractivity contribution >= 4 is 35.2 Å². The number of benzene rings is 2. The van der Waals surface area contributed by atoms with Gasteiger partial charge in [-0.15, -0.1) is 0 Å². The number of hydrogen-bond donors (Lipinski definition) is 1. The Bertz CT molecular complexity index is 986. The van der Waals surface area contributed by atoms with Gasteiger partial charge in [-0.3, -0.25) is 0 Å². The Hall–Kier alpha value is -1.89. The van der Waals surface area contributed by atoms with Crippen LogP contribution in [0.4, 0.5) is 4.39 Å². The third-order valence-electron chi connectivity index (χ3n) is 5.22. The SMILES string of the molecule is CC1(C)OB(c2ccc(-c3nc4cc(Cl)ccc4[nH]3)c(F)c2)OC1(C)C. The van der Waals surface area contributed by atoms with Crippen LogP contribution in [0.5, 0.6) is 0 Å². The predicted octanol–water partition coefficient (Wildman–Crippen LogP) is 4.32. The summed E-state index contributed by atoms with van der Waals surface area (Å²) in [7, 11) is -0.599. The number of hydrogen-bond acceptors (Lipinski definition) is 3. The lowest BCUT2D eigenvalue weighted by molar-refractivity contribution is 0.00578. The summed E-state index contributed by atoms with van der Waals surface area (Å²) >= 11 is 5.99. The second kappa shape index (κ2) is 5.81. The van der Waals surface area contributed by atoms with E-state index >= 15 is 0 Å². The third-order valence-corrected chi connectivity index (χ3v) is 5.45. The van der Waals surface area contributed by atoms with Gasteiger partial charge in [-0.2, -0.15) is 0 Å². The number of nitrogens with one attached hydrogen (secondary N) is 1. The molecule has 1 aliphatic rings. The molecule has 4 rings (SSSR count). The summed E-state index contributed by atoms with van der Waals surface area (Å²) in [4.78, 5) is 7.56. The maximum Gasteiger partial charge on any atom is 0.494 e. The van der Waals surface area contributed by atoms with E-state index in [1.165, 1.54) is 6.07 Å². The van der Waals surface area contributed by atoms with Crippen LogP contribution in [0, 0.1) is 5.82 Å². The highest BCUT2D eigenvalue weighted by Crippen LogP contribution is 2.36. The number of fused-ring (bicyclic) bond motifs is 1. The highest BCUT2D eigenvalue weighted by Gasteiger charge is 2.51. The van der Waals surface area contributed by atoms with Crippen LogP contribution in [0.2, 0.25) is 5.02 Å². The molecule has 1 saturated heterocycles. The van der Waals surface area contributed by atoms with Gasteiger partial charge in [0, 0.05) is 5.02 Å². The van der Waals surface area contributed by atoms with E-state index in [0.29, 0.717) is 27.4 Å². The van der Waals surface area contributed by atoms with Crippen molar-refractivity contribution in [1.82, 2.24) is 9.97 Å². The summed E-state index contributed by atoms with van der Waals surface area (Å²) < 4.78 is 26.8. The van der Waals surface area contributed by atoms with Gasteiger partial charge in [0.1, 0.15) is 11.6 Å². The number of nitrogens with zero attached hydrogens (tertiary/aromatic N) is 1. The molecule has 2 aromatic carbocycles. The second-order valence-corrected chi connectivity index (χ2v) is 8.01. The van der Waals surface area contributed by atoms with Crippen molar-refractivity contribution in [3.63, 3.8) is 0 Å². The molecule has 0 atom stereocenters. The van der Waals surface area contributed by atoms with E-state index in [0.717, 1.165) is 5.52 Å². The van der Waals surface area contributed by atoms with Crippen molar-refractivity contribution in [2.75, 3.05) is 0 Å². The Kier molecular flexibility index (Phi) is 3.92. The number of halogens is 2. The standard InChI is InChI=1S/C19H19BClFN2O2/c1-18(2)19(3,4)26-20(25-18)11-5-7-13(14(22)9-11)17-23-15-8-6-12(21)10-16(15)24-17/h5-10H,1-4H3,(H,23,24). The zero-order valence-corrected chi connectivity index (χ0v) is 15.8. The lowest BCUT2D eigenvalue weighted by Gasteiger charge is -2.32. The number of aromatic amines is 1. The molecular weight excluding hydrogens is 353 g/mol. The minimum Gasteiger partial charge on any atom is -0.399 e. The largest absolute Gasteiger partial charge is 0.494 e. The van der Waals surface area contributed by atoms with Crippen LogP contribution < -0.4 is 5.46 Å². The first-order valence-corrected chi connectivity index (χ1v) is 8.85. The summed E-state index contributed by atoms with van der Waals surface area (Å²) in [5, 5.41) is 0.590. The monoisotopic (exact) mass is 372 g/mol. The fourth-order valence-corrected chi connectivity index (χ4v) is 3.12. The Balaban J connectivity index is 1.68. The van der Waals surface area contributed by atoms with Gasteiger partial charge >= 0.3 is 7.12 Å². The normalized spacial score (nSPS) is 18.6. The van der Waals surface area contributed by atoms with Crippen LogP contribution in [0.25, 0.3) is 22.4 Å². The van der Waals surface area contributed by atoms with Crippen LogP contribution in [-0.4, -0.2) is 28.3 Å². The van der Waals surface area contributed by atoms with E-state index in [9.17, 15) is 4.39 Å². The molecular formula is C19H19BClFN2O2. The minimum absolute atomic E-state index is 0.387. The summed E-state index contributed by atoms with van der Waals surface area (Å²) in [6.07, 6.45) is 0. The minimum atomic E-state index is -0.599. The predicted molar refractivity (Wildman–Crippen MR) is 102 cm³/mol. The average Bonchev–Trinajstić information content (AvgIpc) is 3.04. The molecule has 3 aromatic rings. The van der Waals surface area contributed by atoms with Gasteiger partial charge in [0.25, 0.3) is 0 Å². The van der Waals surface area contributed by atoms with Gasteiger partial charge in [0.2, 0.25) is 0 Å². The van der Waals surface area contributed by atoms with E-state index in [2.05, 4.69) is 9.97 Å². The maximum atomic E-state index is 14.8. The summed E-state index contributed by atoms with van der Waals surface area (Å²) in [6.45, 7) is 7.88. The number of rotatable bonds is 2. The molecule has 7 heteroatoms. The highest BCUT2D eigenvalue weighted by atomic mass is 35.5. The van der Waals surface area contributed by atoms with Crippen molar-refractivity contribution in [2.24, 2.45) is 0 Å². The smallest absolute Gasteiger partial charge is 0.399 e. The summed E-state index contributed by atoms with van der Waals surface area (Å²) in [6, 6.07) is 10.3. The lowest BCUT2D eigenvalue weighted by atomic mass is 9.78. The zero-order chi connectivity index (χ0) is 18.7. The van der Waals surface area contributed by atoms with Gasteiger partial charge in [-0.1, -0.05) is 17.7 Å². The van der Waals surface area contributed by atoms with Crippen molar-refractivity contribution in [3.05, 3.63) is 47.2 Å². The van der Waals surface area contributed by atoms with Crippen molar-refractivity contribution in [2.45, 2.75) is 38.9 Å². The highest BCUT2D eigenvalue weighted by molar-refractivity contribution is 6.62. The van der Waals surface area contributed by atoms with Crippen molar-refractivity contribution < 1.29 is 13.7 Å². The summed E-state index contributed by atoms with van der Waals surface area (Å²) in [5.41, 5.74) is 1.60. The van der Waals surface area contributed by atoms with Gasteiger partial charge < -0.3 is 14.3 Å². The van der Waals surface area contributed by atoms with Crippen molar-refractivity contribution in [3.8, 4) is 11.4 Å². The molecule has 1 N–H and O–H groups in total. The first-order chi connectivity index (χ1) is 12.2.